The zero-order valence-electron chi connectivity index (χ0n) is 8.86. The lowest BCUT2D eigenvalue weighted by Crippen LogP contribution is -2.02. The van der Waals surface area contributed by atoms with E-state index in [1.807, 2.05) is 0 Å². The minimum atomic E-state index is 0.609. The Morgan fingerprint density at radius 2 is 1.14 bits per heavy atom. The molecule has 2 heteroatoms. The van der Waals surface area contributed by atoms with Crippen LogP contribution >= 0.6 is 25.3 Å². The van der Waals surface area contributed by atoms with Crippen molar-refractivity contribution in [3.05, 3.63) is 12.2 Å². The van der Waals surface area contributed by atoms with Crippen LogP contribution in [0.1, 0.15) is 51.4 Å². The summed E-state index contributed by atoms with van der Waals surface area (Å²) in [6, 6.07) is 0. The van der Waals surface area contributed by atoms with Crippen LogP contribution in [0, 0.1) is 0 Å². The second kappa shape index (κ2) is 7.70. The molecule has 1 aliphatic carbocycles. The summed E-state index contributed by atoms with van der Waals surface area (Å²) in [5.41, 5.74) is 0. The third-order valence-electron chi connectivity index (χ3n) is 2.82. The van der Waals surface area contributed by atoms with E-state index in [0.29, 0.717) is 10.5 Å². The van der Waals surface area contributed by atoms with E-state index in [4.69, 9.17) is 0 Å². The van der Waals surface area contributed by atoms with E-state index < -0.39 is 0 Å². The van der Waals surface area contributed by atoms with Gasteiger partial charge in [-0.3, -0.25) is 0 Å². The minimum absolute atomic E-state index is 0.609. The summed E-state index contributed by atoms with van der Waals surface area (Å²) in [7, 11) is 0. The van der Waals surface area contributed by atoms with E-state index >= 15 is 0 Å². The minimum Gasteiger partial charge on any atom is -0.176 e. The molecule has 0 radical (unpaired) electrons. The molecule has 0 N–H and O–H groups in total. The third kappa shape index (κ3) is 6.02. The quantitative estimate of drug-likeness (QED) is 0.450. The molecule has 1 rings (SSSR count). The molecule has 14 heavy (non-hydrogen) atoms. The van der Waals surface area contributed by atoms with E-state index in [9.17, 15) is 0 Å². The molecule has 0 amide bonds. The Balaban J connectivity index is 2.30. The molecule has 2 atom stereocenters. The molecule has 2 unspecified atom stereocenters. The third-order valence-corrected chi connectivity index (χ3v) is 3.86. The van der Waals surface area contributed by atoms with Crippen LogP contribution in [-0.4, -0.2) is 10.5 Å². The highest BCUT2D eigenvalue weighted by Crippen LogP contribution is 2.19. The maximum Gasteiger partial charge on any atom is 0.00197 e. The topological polar surface area (TPSA) is 0 Å². The van der Waals surface area contributed by atoms with Crippen molar-refractivity contribution in [2.24, 2.45) is 0 Å². The van der Waals surface area contributed by atoms with Crippen LogP contribution in [0.5, 0.6) is 0 Å². The second-order valence-electron chi connectivity index (χ2n) is 4.22. The average Bonchev–Trinajstić information content (AvgIpc) is 2.16. The van der Waals surface area contributed by atoms with E-state index in [-0.39, 0.29) is 0 Å². The normalized spacial score (nSPS) is 34.1. The lowest BCUT2D eigenvalue weighted by Gasteiger charge is -2.12. The highest BCUT2D eigenvalue weighted by Gasteiger charge is 2.05. The van der Waals surface area contributed by atoms with Crippen LogP contribution in [0.25, 0.3) is 0 Å². The second-order valence-corrected chi connectivity index (χ2v) is 5.68. The molecule has 82 valence electrons. The van der Waals surface area contributed by atoms with Crippen molar-refractivity contribution < 1.29 is 0 Å². The predicted molar refractivity (Wildman–Crippen MR) is 71.6 cm³/mol. The Kier molecular flexibility index (Phi) is 6.88. The molecule has 0 nitrogen and oxygen atoms in total. The fraction of sp³-hybridized carbons (Fsp3) is 0.833. The molecule has 0 spiro atoms. The molecule has 0 aliphatic heterocycles. The fourth-order valence-corrected chi connectivity index (χ4v) is 2.52. The van der Waals surface area contributed by atoms with Crippen molar-refractivity contribution in [3.63, 3.8) is 0 Å². The first-order valence-electron chi connectivity index (χ1n) is 5.80. The molecule has 0 saturated heterocycles. The van der Waals surface area contributed by atoms with Gasteiger partial charge in [-0.2, -0.15) is 25.3 Å². The Hall–Kier alpha value is 0.440. The van der Waals surface area contributed by atoms with Crippen molar-refractivity contribution in [1.82, 2.24) is 0 Å². The van der Waals surface area contributed by atoms with Crippen molar-refractivity contribution in [1.29, 1.82) is 0 Å². The number of hydrogen-bond donors (Lipinski definition) is 2. The van der Waals surface area contributed by atoms with Gasteiger partial charge in [0.25, 0.3) is 0 Å². The van der Waals surface area contributed by atoms with Gasteiger partial charge in [-0.25, -0.2) is 0 Å². The number of hydrogen-bond acceptors (Lipinski definition) is 2. The molecule has 0 saturated carbocycles. The summed E-state index contributed by atoms with van der Waals surface area (Å²) in [5, 5.41) is 1.22. The van der Waals surface area contributed by atoms with Crippen molar-refractivity contribution in [3.8, 4) is 0 Å². The monoisotopic (exact) mass is 230 g/mol. The zero-order valence-corrected chi connectivity index (χ0v) is 10.6. The van der Waals surface area contributed by atoms with Crippen molar-refractivity contribution >= 4 is 25.3 Å². The van der Waals surface area contributed by atoms with Gasteiger partial charge in [0, 0.05) is 10.5 Å². The molecule has 0 aromatic rings. The van der Waals surface area contributed by atoms with Crippen molar-refractivity contribution in [2.75, 3.05) is 0 Å². The van der Waals surface area contributed by atoms with Gasteiger partial charge in [-0.05, 0) is 38.5 Å². The highest BCUT2D eigenvalue weighted by atomic mass is 32.1. The summed E-state index contributed by atoms with van der Waals surface area (Å²) in [6.07, 6.45) is 14.7. The molecular weight excluding hydrogens is 208 g/mol. The molecule has 0 aromatic carbocycles. The summed E-state index contributed by atoms with van der Waals surface area (Å²) in [4.78, 5) is 0. The first-order chi connectivity index (χ1) is 6.79. The van der Waals surface area contributed by atoms with Gasteiger partial charge in [0.05, 0.1) is 0 Å². The molecule has 0 fully saturated rings. The lowest BCUT2D eigenvalue weighted by molar-refractivity contribution is 0.584. The average molecular weight is 230 g/mol. The Labute approximate surface area is 99.4 Å². The summed E-state index contributed by atoms with van der Waals surface area (Å²) < 4.78 is 0. The molecule has 1 aliphatic rings. The Morgan fingerprint density at radius 3 is 1.57 bits per heavy atom. The fourth-order valence-electron chi connectivity index (χ4n) is 1.86. The smallest absolute Gasteiger partial charge is 0.00197 e. The van der Waals surface area contributed by atoms with Crippen LogP contribution in [-0.2, 0) is 0 Å². The first-order valence-corrected chi connectivity index (χ1v) is 6.83. The standard InChI is InChI=1S/C12H22S2/c13-11-7-3-1-2-4-8-12(14)10-6-5-9-11/h1-2,11-14H,3-10H2/b2-1-. The number of rotatable bonds is 0. The number of allylic oxidation sites excluding steroid dienone is 2. The zero-order chi connectivity index (χ0) is 10.2. The van der Waals surface area contributed by atoms with Gasteiger partial charge in [-0.15, -0.1) is 0 Å². The van der Waals surface area contributed by atoms with Gasteiger partial charge in [0.2, 0.25) is 0 Å². The summed E-state index contributed by atoms with van der Waals surface area (Å²) in [6.45, 7) is 0. The van der Waals surface area contributed by atoms with Crippen LogP contribution in [0.2, 0.25) is 0 Å². The van der Waals surface area contributed by atoms with Crippen LogP contribution in [0.4, 0.5) is 0 Å². The Morgan fingerprint density at radius 1 is 0.714 bits per heavy atom. The molecule has 0 bridgehead atoms. The van der Waals surface area contributed by atoms with Crippen molar-refractivity contribution in [2.45, 2.75) is 61.9 Å². The molecule has 0 aromatic heterocycles. The SMILES string of the molecule is SC1CC/C=C\CCC(S)CCCC1. The van der Waals surface area contributed by atoms with E-state index in [1.54, 1.807) is 0 Å². The largest absolute Gasteiger partial charge is 0.176 e. The Bertz CT molecular complexity index is 148. The van der Waals surface area contributed by atoms with E-state index in [2.05, 4.69) is 37.4 Å². The maximum absolute atomic E-state index is 4.59. The van der Waals surface area contributed by atoms with Gasteiger partial charge in [0.15, 0.2) is 0 Å². The molecular formula is C12H22S2. The van der Waals surface area contributed by atoms with Gasteiger partial charge >= 0.3 is 0 Å². The van der Waals surface area contributed by atoms with Crippen LogP contribution < -0.4 is 0 Å². The lowest BCUT2D eigenvalue weighted by atomic mass is 10.0. The van der Waals surface area contributed by atoms with Gasteiger partial charge in [-0.1, -0.05) is 25.0 Å². The summed E-state index contributed by atoms with van der Waals surface area (Å²) in [5.74, 6) is 0. The summed E-state index contributed by atoms with van der Waals surface area (Å²) >= 11 is 9.19. The maximum atomic E-state index is 4.59. The van der Waals surface area contributed by atoms with Crippen LogP contribution in [0.15, 0.2) is 12.2 Å². The van der Waals surface area contributed by atoms with E-state index in [1.165, 1.54) is 51.4 Å². The predicted octanol–water partition coefficient (Wildman–Crippen LogP) is 4.27. The van der Waals surface area contributed by atoms with Gasteiger partial charge < -0.3 is 0 Å². The molecule has 0 heterocycles. The number of thiol groups is 2. The highest BCUT2D eigenvalue weighted by molar-refractivity contribution is 7.81. The van der Waals surface area contributed by atoms with Gasteiger partial charge in [0.1, 0.15) is 0 Å². The van der Waals surface area contributed by atoms with Crippen LogP contribution in [0.3, 0.4) is 0 Å². The van der Waals surface area contributed by atoms with E-state index in [0.717, 1.165) is 0 Å². The first kappa shape index (κ1) is 12.5.